The minimum Gasteiger partial charge on any atom is -0.462 e. The van der Waals surface area contributed by atoms with Crippen LogP contribution in [0.3, 0.4) is 0 Å². The van der Waals surface area contributed by atoms with Gasteiger partial charge in [-0.3, -0.25) is 24.7 Å². The predicted molar refractivity (Wildman–Crippen MR) is 128 cm³/mol. The second-order valence-electron chi connectivity index (χ2n) is 7.25. The number of rotatable bonds is 10. The van der Waals surface area contributed by atoms with E-state index in [9.17, 15) is 24.5 Å². The molecular formula is C24H23N5O6. The molecule has 0 radical (unpaired) electrons. The largest absolute Gasteiger partial charge is 0.462 e. The molecule has 3 rings (SSSR count). The predicted octanol–water partition coefficient (Wildman–Crippen LogP) is 3.15. The molecule has 0 atom stereocenters. The summed E-state index contributed by atoms with van der Waals surface area (Å²) < 4.78 is 4.92. The lowest BCUT2D eigenvalue weighted by atomic mass is 10.1. The fourth-order valence-electron chi connectivity index (χ4n) is 3.06. The van der Waals surface area contributed by atoms with Crippen LogP contribution in [0.25, 0.3) is 0 Å². The van der Waals surface area contributed by atoms with Gasteiger partial charge in [0.1, 0.15) is 0 Å². The number of pyridine rings is 1. The van der Waals surface area contributed by atoms with Crippen LogP contribution in [-0.4, -0.2) is 40.8 Å². The van der Waals surface area contributed by atoms with Gasteiger partial charge in [-0.15, -0.1) is 0 Å². The topological polar surface area (TPSA) is 153 Å². The Morgan fingerprint density at radius 1 is 1.06 bits per heavy atom. The van der Waals surface area contributed by atoms with Gasteiger partial charge in [-0.25, -0.2) is 4.79 Å². The zero-order valence-electron chi connectivity index (χ0n) is 18.8. The highest BCUT2D eigenvalue weighted by atomic mass is 16.6. The van der Waals surface area contributed by atoms with Gasteiger partial charge >= 0.3 is 5.97 Å². The molecule has 1 heterocycles. The number of nitro benzene ring substituents is 1. The maximum Gasteiger partial charge on any atom is 0.338 e. The molecule has 0 aliphatic carbocycles. The number of hydrogen-bond acceptors (Lipinski definition) is 8. The van der Waals surface area contributed by atoms with E-state index in [1.54, 1.807) is 25.4 Å². The Labute approximate surface area is 200 Å². The average molecular weight is 477 g/mol. The van der Waals surface area contributed by atoms with Crippen molar-refractivity contribution >= 4 is 34.8 Å². The van der Waals surface area contributed by atoms with Crippen LogP contribution < -0.4 is 16.0 Å². The number of benzene rings is 2. The number of nitro groups is 1. The molecule has 180 valence electrons. The normalized spacial score (nSPS) is 10.3. The van der Waals surface area contributed by atoms with Gasteiger partial charge in [-0.1, -0.05) is 6.07 Å². The minimum atomic E-state index is -0.670. The highest BCUT2D eigenvalue weighted by Crippen LogP contribution is 2.24. The number of aromatic nitrogens is 1. The summed E-state index contributed by atoms with van der Waals surface area (Å²) in [5, 5.41) is 19.4. The average Bonchev–Trinajstić information content (AvgIpc) is 2.85. The second kappa shape index (κ2) is 12.0. The van der Waals surface area contributed by atoms with Crippen molar-refractivity contribution in [2.24, 2.45) is 0 Å². The summed E-state index contributed by atoms with van der Waals surface area (Å²) in [6.45, 7) is 2.29. The lowest BCUT2D eigenvalue weighted by Gasteiger charge is -2.12. The molecule has 0 bridgehead atoms. The lowest BCUT2D eigenvalue weighted by molar-refractivity contribution is -0.384. The second-order valence-corrected chi connectivity index (χ2v) is 7.25. The summed E-state index contributed by atoms with van der Waals surface area (Å²) in [6.07, 6.45) is 3.31. The summed E-state index contributed by atoms with van der Waals surface area (Å²) in [6, 6.07) is 13.2. The summed E-state index contributed by atoms with van der Waals surface area (Å²) in [5.74, 6) is -1.60. The van der Waals surface area contributed by atoms with E-state index in [2.05, 4.69) is 20.9 Å². The third-order valence-corrected chi connectivity index (χ3v) is 4.72. The third-order valence-electron chi connectivity index (χ3n) is 4.72. The van der Waals surface area contributed by atoms with Gasteiger partial charge in [-0.05, 0) is 48.9 Å². The molecule has 2 amide bonds. The van der Waals surface area contributed by atoms with E-state index in [0.717, 1.165) is 11.6 Å². The third kappa shape index (κ3) is 7.17. The summed E-state index contributed by atoms with van der Waals surface area (Å²) >= 11 is 0. The molecule has 11 heteroatoms. The van der Waals surface area contributed by atoms with Crippen molar-refractivity contribution in [2.75, 3.05) is 23.8 Å². The molecule has 0 aliphatic heterocycles. The highest BCUT2D eigenvalue weighted by Gasteiger charge is 2.19. The number of nitrogens with zero attached hydrogens (tertiary/aromatic N) is 2. The minimum absolute atomic E-state index is 0.0533. The number of carbonyl (C=O) groups excluding carboxylic acids is 3. The van der Waals surface area contributed by atoms with Crippen molar-refractivity contribution in [3.63, 3.8) is 0 Å². The molecule has 3 N–H and O–H groups in total. The van der Waals surface area contributed by atoms with Crippen LogP contribution in [0.5, 0.6) is 0 Å². The molecule has 1 aromatic heterocycles. The maximum absolute atomic E-state index is 12.9. The molecule has 35 heavy (non-hydrogen) atoms. The van der Waals surface area contributed by atoms with E-state index in [0.29, 0.717) is 17.8 Å². The van der Waals surface area contributed by atoms with Gasteiger partial charge in [0.05, 0.1) is 34.9 Å². The van der Waals surface area contributed by atoms with E-state index >= 15 is 0 Å². The molecule has 0 fully saturated rings. The number of hydrogen-bond donors (Lipinski definition) is 3. The van der Waals surface area contributed by atoms with Crippen LogP contribution in [0, 0.1) is 10.1 Å². The van der Waals surface area contributed by atoms with Crippen LogP contribution in [0.15, 0.2) is 67.0 Å². The molecule has 0 saturated carbocycles. The van der Waals surface area contributed by atoms with E-state index in [1.165, 1.54) is 36.4 Å². The van der Waals surface area contributed by atoms with Crippen LogP contribution in [0.1, 0.15) is 33.2 Å². The number of amides is 2. The van der Waals surface area contributed by atoms with E-state index in [4.69, 9.17) is 4.74 Å². The van der Waals surface area contributed by atoms with Crippen molar-refractivity contribution in [1.82, 2.24) is 10.3 Å². The Kier molecular flexibility index (Phi) is 8.57. The Balaban J connectivity index is 1.70. The van der Waals surface area contributed by atoms with E-state index < -0.39 is 22.7 Å². The first kappa shape index (κ1) is 25.0. The SMILES string of the molecule is CCOC(=O)c1ccc(NC(=O)c2cc([N+](=O)[O-])ccc2NC(=O)CNCc2cccnc2)cc1. The Morgan fingerprint density at radius 3 is 2.49 bits per heavy atom. The first-order chi connectivity index (χ1) is 16.9. The van der Waals surface area contributed by atoms with Gasteiger partial charge in [-0.2, -0.15) is 0 Å². The van der Waals surface area contributed by atoms with E-state index in [-0.39, 0.29) is 30.1 Å². The number of anilines is 2. The number of nitrogens with one attached hydrogen (secondary N) is 3. The highest BCUT2D eigenvalue weighted by molar-refractivity contribution is 6.10. The molecule has 3 aromatic rings. The number of non-ortho nitro benzene ring substituents is 1. The van der Waals surface area contributed by atoms with Gasteiger partial charge in [0.2, 0.25) is 5.91 Å². The van der Waals surface area contributed by atoms with Crippen molar-refractivity contribution in [3.8, 4) is 0 Å². The van der Waals surface area contributed by atoms with Crippen molar-refractivity contribution in [3.05, 3.63) is 93.8 Å². The Morgan fingerprint density at radius 2 is 1.83 bits per heavy atom. The summed E-state index contributed by atoms with van der Waals surface area (Å²) in [7, 11) is 0. The smallest absolute Gasteiger partial charge is 0.338 e. The van der Waals surface area contributed by atoms with E-state index in [1.807, 2.05) is 6.07 Å². The first-order valence-corrected chi connectivity index (χ1v) is 10.6. The molecule has 2 aromatic carbocycles. The van der Waals surface area contributed by atoms with Crippen LogP contribution in [0.2, 0.25) is 0 Å². The quantitative estimate of drug-likeness (QED) is 0.229. The number of esters is 1. The summed E-state index contributed by atoms with van der Waals surface area (Å²) in [5.41, 5.74) is 1.28. The maximum atomic E-state index is 12.9. The zero-order chi connectivity index (χ0) is 25.2. The van der Waals surface area contributed by atoms with Gasteiger partial charge < -0.3 is 20.7 Å². The Bertz CT molecular complexity index is 1210. The van der Waals surface area contributed by atoms with Crippen molar-refractivity contribution < 1.29 is 24.0 Å². The van der Waals surface area contributed by atoms with Crippen LogP contribution >= 0.6 is 0 Å². The fourth-order valence-corrected chi connectivity index (χ4v) is 3.06. The summed E-state index contributed by atoms with van der Waals surface area (Å²) in [4.78, 5) is 51.7. The Hall–Kier alpha value is -4.64. The molecule has 0 aliphatic rings. The molecule has 0 unspecified atom stereocenters. The number of carbonyl (C=O) groups is 3. The molecular weight excluding hydrogens is 454 g/mol. The fraction of sp³-hybridized carbons (Fsp3) is 0.167. The van der Waals surface area contributed by atoms with Gasteiger partial charge in [0, 0.05) is 36.8 Å². The lowest BCUT2D eigenvalue weighted by Crippen LogP contribution is -2.28. The van der Waals surface area contributed by atoms with Crippen LogP contribution in [-0.2, 0) is 16.1 Å². The monoisotopic (exact) mass is 477 g/mol. The van der Waals surface area contributed by atoms with Gasteiger partial charge in [0.15, 0.2) is 0 Å². The molecule has 11 nitrogen and oxygen atoms in total. The van der Waals surface area contributed by atoms with Crippen LogP contribution in [0.4, 0.5) is 17.1 Å². The molecule has 0 saturated heterocycles. The zero-order valence-corrected chi connectivity index (χ0v) is 18.8. The standard InChI is InChI=1S/C24H23N5O6/c1-2-35-24(32)17-5-7-18(8-6-17)27-23(31)20-12-19(29(33)34)9-10-21(20)28-22(30)15-26-14-16-4-3-11-25-13-16/h3-13,26H,2,14-15H2,1H3,(H,27,31)(H,28,30). The molecule has 0 spiro atoms. The van der Waals surface area contributed by atoms with Gasteiger partial charge in [0.25, 0.3) is 11.6 Å². The first-order valence-electron chi connectivity index (χ1n) is 10.6. The number of ether oxygens (including phenoxy) is 1. The van der Waals surface area contributed by atoms with Crippen molar-refractivity contribution in [2.45, 2.75) is 13.5 Å². The van der Waals surface area contributed by atoms with Crippen molar-refractivity contribution in [1.29, 1.82) is 0 Å².